The van der Waals surface area contributed by atoms with E-state index in [1.165, 1.54) is 12.8 Å². The maximum Gasteiger partial charge on any atom is 0.124 e. The molecule has 1 saturated carbocycles. The highest BCUT2D eigenvalue weighted by Gasteiger charge is 2.31. The Balaban J connectivity index is 2.34. The Morgan fingerprint density at radius 2 is 2.18 bits per heavy atom. The zero-order valence-corrected chi connectivity index (χ0v) is 11.0. The predicted molar refractivity (Wildman–Crippen MR) is 73.1 cm³/mol. The van der Waals surface area contributed by atoms with Crippen LogP contribution < -0.4 is 10.6 Å². The summed E-state index contributed by atoms with van der Waals surface area (Å²) in [5, 5.41) is 8.29. The van der Waals surface area contributed by atoms with Gasteiger partial charge in [0.15, 0.2) is 0 Å². The summed E-state index contributed by atoms with van der Waals surface area (Å²) in [4.78, 5) is 2.18. The van der Waals surface area contributed by atoms with Crippen LogP contribution in [0.2, 0.25) is 5.02 Å². The molecule has 1 aliphatic carbocycles. The smallest absolute Gasteiger partial charge is 0.124 e. The lowest BCUT2D eigenvalue weighted by Crippen LogP contribution is -2.32. The first-order valence-corrected chi connectivity index (χ1v) is 6.25. The fourth-order valence-electron chi connectivity index (χ4n) is 2.14. The van der Waals surface area contributed by atoms with Crippen molar-refractivity contribution in [3.05, 3.63) is 28.8 Å². The highest BCUT2D eigenvalue weighted by Crippen LogP contribution is 2.37. The second kappa shape index (κ2) is 4.57. The van der Waals surface area contributed by atoms with Gasteiger partial charge in [0, 0.05) is 29.4 Å². The minimum absolute atomic E-state index is 0.0894. The van der Waals surface area contributed by atoms with Crippen LogP contribution in [0.25, 0.3) is 0 Å². The van der Waals surface area contributed by atoms with E-state index in [0.29, 0.717) is 11.1 Å². The number of nitrogens with zero attached hydrogens (tertiary/aromatic N) is 1. The third-order valence-corrected chi connectivity index (χ3v) is 3.78. The Labute approximate surface area is 107 Å². The Morgan fingerprint density at radius 1 is 1.53 bits per heavy atom. The Kier molecular flexibility index (Phi) is 3.29. The van der Waals surface area contributed by atoms with Crippen LogP contribution in [0, 0.1) is 11.3 Å². The van der Waals surface area contributed by atoms with Crippen LogP contribution in [0.1, 0.15) is 25.3 Å². The molecule has 0 heterocycles. The van der Waals surface area contributed by atoms with E-state index in [1.807, 2.05) is 19.2 Å². The normalized spacial score (nSPS) is 16.6. The molecule has 1 aromatic rings. The van der Waals surface area contributed by atoms with Crippen LogP contribution >= 0.6 is 11.6 Å². The molecule has 17 heavy (non-hydrogen) atoms. The van der Waals surface area contributed by atoms with Crippen molar-refractivity contribution in [1.29, 1.82) is 5.41 Å². The van der Waals surface area contributed by atoms with Crippen LogP contribution in [0.15, 0.2) is 18.2 Å². The molecule has 3 N–H and O–H groups in total. The first-order valence-electron chi connectivity index (χ1n) is 5.87. The first-order chi connectivity index (χ1) is 8.00. The van der Waals surface area contributed by atoms with Gasteiger partial charge in [0.25, 0.3) is 0 Å². The number of nitrogens with one attached hydrogen (secondary N) is 1. The van der Waals surface area contributed by atoms with Gasteiger partial charge in [0.05, 0.1) is 0 Å². The van der Waals surface area contributed by atoms with Gasteiger partial charge in [-0.2, -0.15) is 0 Å². The van der Waals surface area contributed by atoms with E-state index < -0.39 is 0 Å². The molecule has 0 radical (unpaired) electrons. The second-order valence-electron chi connectivity index (χ2n) is 4.76. The average molecular weight is 252 g/mol. The molecule has 0 bridgehead atoms. The van der Waals surface area contributed by atoms with Gasteiger partial charge >= 0.3 is 0 Å². The summed E-state index contributed by atoms with van der Waals surface area (Å²) in [5.41, 5.74) is 7.31. The van der Waals surface area contributed by atoms with E-state index in [4.69, 9.17) is 22.7 Å². The number of hydrogen-bond acceptors (Lipinski definition) is 2. The molecule has 1 aromatic carbocycles. The second-order valence-corrected chi connectivity index (χ2v) is 5.20. The summed E-state index contributed by atoms with van der Waals surface area (Å²) in [6.07, 6.45) is 2.59. The number of benzene rings is 1. The van der Waals surface area contributed by atoms with Crippen molar-refractivity contribution >= 4 is 23.1 Å². The first kappa shape index (κ1) is 12.2. The van der Waals surface area contributed by atoms with Crippen molar-refractivity contribution in [2.75, 3.05) is 11.9 Å². The lowest BCUT2D eigenvalue weighted by molar-refractivity contribution is 0.609. The number of amidine groups is 1. The number of anilines is 1. The van der Waals surface area contributed by atoms with Gasteiger partial charge in [-0.15, -0.1) is 0 Å². The lowest BCUT2D eigenvalue weighted by Gasteiger charge is -2.29. The Hall–Kier alpha value is -1.22. The highest BCUT2D eigenvalue weighted by molar-refractivity contribution is 6.31. The predicted octanol–water partition coefficient (Wildman–Crippen LogP) is 2.86. The molecule has 1 atom stereocenters. The maximum atomic E-state index is 7.61. The summed E-state index contributed by atoms with van der Waals surface area (Å²) >= 11 is 6.03. The third-order valence-electron chi connectivity index (χ3n) is 3.55. The zero-order valence-electron chi connectivity index (χ0n) is 10.2. The fourth-order valence-corrected chi connectivity index (χ4v) is 2.30. The summed E-state index contributed by atoms with van der Waals surface area (Å²) in [5.74, 6) is 0.852. The minimum atomic E-state index is 0.0894. The van der Waals surface area contributed by atoms with Gasteiger partial charge in [-0.25, -0.2) is 0 Å². The van der Waals surface area contributed by atoms with E-state index in [9.17, 15) is 0 Å². The molecule has 1 unspecified atom stereocenters. The molecular formula is C13H18ClN3. The molecule has 92 valence electrons. The molecule has 0 amide bonds. The van der Waals surface area contributed by atoms with Crippen molar-refractivity contribution in [1.82, 2.24) is 0 Å². The lowest BCUT2D eigenvalue weighted by atomic mass is 10.1. The number of nitrogens with two attached hydrogens (primary N) is 1. The van der Waals surface area contributed by atoms with Crippen LogP contribution in [0.5, 0.6) is 0 Å². The molecule has 1 fully saturated rings. The molecule has 2 rings (SSSR count). The van der Waals surface area contributed by atoms with Crippen LogP contribution in [0.4, 0.5) is 5.69 Å². The summed E-state index contributed by atoms with van der Waals surface area (Å²) in [6.45, 7) is 2.21. The number of halogens is 1. The van der Waals surface area contributed by atoms with Crippen molar-refractivity contribution in [3.63, 3.8) is 0 Å². The van der Waals surface area contributed by atoms with Gasteiger partial charge in [-0.3, -0.25) is 5.41 Å². The van der Waals surface area contributed by atoms with Crippen molar-refractivity contribution in [2.24, 2.45) is 11.7 Å². The van der Waals surface area contributed by atoms with Crippen LogP contribution in [0.3, 0.4) is 0 Å². The van der Waals surface area contributed by atoms with Gasteiger partial charge in [0.2, 0.25) is 0 Å². The molecule has 0 aromatic heterocycles. The van der Waals surface area contributed by atoms with E-state index in [2.05, 4.69) is 11.8 Å². The molecule has 0 spiro atoms. The minimum Gasteiger partial charge on any atom is -0.384 e. The van der Waals surface area contributed by atoms with E-state index in [-0.39, 0.29) is 5.84 Å². The third kappa shape index (κ3) is 2.55. The molecule has 0 aliphatic heterocycles. The fraction of sp³-hybridized carbons (Fsp3) is 0.462. The monoisotopic (exact) mass is 251 g/mol. The molecule has 4 heteroatoms. The van der Waals surface area contributed by atoms with E-state index in [0.717, 1.165) is 17.2 Å². The number of hydrogen-bond donors (Lipinski definition) is 2. The average Bonchev–Trinajstić information content (AvgIpc) is 3.10. The van der Waals surface area contributed by atoms with Crippen LogP contribution in [-0.4, -0.2) is 18.9 Å². The van der Waals surface area contributed by atoms with E-state index >= 15 is 0 Å². The number of rotatable bonds is 4. The quantitative estimate of drug-likeness (QED) is 0.639. The van der Waals surface area contributed by atoms with Gasteiger partial charge < -0.3 is 10.6 Å². The van der Waals surface area contributed by atoms with Crippen molar-refractivity contribution in [3.8, 4) is 0 Å². The SMILES string of the molecule is CC(C1CC1)N(C)c1cc(Cl)ccc1C(=N)N. The summed E-state index contributed by atoms with van der Waals surface area (Å²) in [7, 11) is 2.04. The van der Waals surface area contributed by atoms with Gasteiger partial charge in [0.1, 0.15) is 5.84 Å². The topological polar surface area (TPSA) is 53.1 Å². The molecule has 0 saturated heterocycles. The zero-order chi connectivity index (χ0) is 12.6. The molecule has 1 aliphatic rings. The van der Waals surface area contributed by atoms with E-state index in [1.54, 1.807) is 6.07 Å². The number of nitrogen functional groups attached to an aromatic ring is 1. The summed E-state index contributed by atoms with van der Waals surface area (Å²) in [6, 6.07) is 5.94. The van der Waals surface area contributed by atoms with Crippen LogP contribution in [-0.2, 0) is 0 Å². The molecule has 3 nitrogen and oxygen atoms in total. The Bertz CT molecular complexity index is 440. The van der Waals surface area contributed by atoms with Crippen molar-refractivity contribution in [2.45, 2.75) is 25.8 Å². The molecular weight excluding hydrogens is 234 g/mol. The van der Waals surface area contributed by atoms with Crippen molar-refractivity contribution < 1.29 is 0 Å². The highest BCUT2D eigenvalue weighted by atomic mass is 35.5. The van der Waals surface area contributed by atoms with Gasteiger partial charge in [-0.1, -0.05) is 11.6 Å². The largest absolute Gasteiger partial charge is 0.384 e. The maximum absolute atomic E-state index is 7.61. The Morgan fingerprint density at radius 3 is 2.71 bits per heavy atom. The summed E-state index contributed by atoms with van der Waals surface area (Å²) < 4.78 is 0. The standard InChI is InChI=1S/C13H18ClN3/c1-8(9-3-4-9)17(2)12-7-10(14)5-6-11(12)13(15)16/h5-9H,3-4H2,1-2H3,(H3,15,16). The van der Waals surface area contributed by atoms with Gasteiger partial charge in [-0.05, 0) is 43.9 Å².